The van der Waals surface area contributed by atoms with Gasteiger partial charge in [-0.25, -0.2) is 18.4 Å². The summed E-state index contributed by atoms with van der Waals surface area (Å²) in [6, 6.07) is 6.88. The highest BCUT2D eigenvalue weighted by molar-refractivity contribution is 7.89. The predicted molar refractivity (Wildman–Crippen MR) is 138 cm³/mol. The minimum absolute atomic E-state index is 0.0648. The van der Waals surface area contributed by atoms with Crippen molar-refractivity contribution in [3.63, 3.8) is 0 Å². The molecule has 192 valence electrons. The Bertz CT molecular complexity index is 1320. The number of para-hydroxylation sites is 1. The molecule has 0 unspecified atom stereocenters. The summed E-state index contributed by atoms with van der Waals surface area (Å²) in [6.45, 7) is 4.96. The number of aromatic nitrogens is 4. The molecule has 5 rings (SSSR count). The van der Waals surface area contributed by atoms with Crippen molar-refractivity contribution in [3.05, 3.63) is 36.8 Å². The molecule has 0 aliphatic carbocycles. The fourth-order valence-electron chi connectivity index (χ4n) is 5.25. The van der Waals surface area contributed by atoms with Crippen molar-refractivity contribution < 1.29 is 13.2 Å². The topological polar surface area (TPSA) is 124 Å². The molecule has 10 nitrogen and oxygen atoms in total. The van der Waals surface area contributed by atoms with Gasteiger partial charge in [-0.05, 0) is 43.2 Å². The number of H-pyrrole nitrogens is 1. The van der Waals surface area contributed by atoms with Gasteiger partial charge in [0.15, 0.2) is 11.4 Å². The maximum Gasteiger partial charge on any atom is 0.245 e. The highest BCUT2D eigenvalue weighted by atomic mass is 32.2. The zero-order chi connectivity index (χ0) is 25.1. The molecule has 4 heterocycles. The van der Waals surface area contributed by atoms with Gasteiger partial charge in [-0.1, -0.05) is 25.5 Å². The number of sulfonamides is 1. The van der Waals surface area contributed by atoms with Gasteiger partial charge in [0.25, 0.3) is 0 Å². The Labute approximate surface area is 211 Å². The van der Waals surface area contributed by atoms with E-state index in [1.807, 2.05) is 0 Å². The van der Waals surface area contributed by atoms with Gasteiger partial charge >= 0.3 is 0 Å². The Morgan fingerprint density at radius 2 is 1.94 bits per heavy atom. The fraction of sp³-hybridized carbons (Fsp3) is 0.520. The van der Waals surface area contributed by atoms with Gasteiger partial charge in [0, 0.05) is 32.6 Å². The maximum absolute atomic E-state index is 13.2. The van der Waals surface area contributed by atoms with Gasteiger partial charge in [-0.2, -0.15) is 9.40 Å². The zero-order valence-electron chi connectivity index (χ0n) is 20.6. The van der Waals surface area contributed by atoms with E-state index in [2.05, 4.69) is 37.3 Å². The van der Waals surface area contributed by atoms with Crippen LogP contribution in [-0.2, 0) is 14.8 Å². The largest absolute Gasteiger partial charge is 0.377 e. The molecule has 2 saturated heterocycles. The number of carbonyl (C=O) groups excluding carboxylic acids is 1. The van der Waals surface area contributed by atoms with Crippen LogP contribution in [0.15, 0.2) is 41.7 Å². The van der Waals surface area contributed by atoms with Crippen LogP contribution in [0.1, 0.15) is 39.0 Å². The first-order chi connectivity index (χ1) is 17.4. The van der Waals surface area contributed by atoms with Crippen LogP contribution in [0.3, 0.4) is 0 Å². The summed E-state index contributed by atoms with van der Waals surface area (Å²) in [5, 5.41) is 11.0. The first-order valence-electron chi connectivity index (χ1n) is 12.7. The smallest absolute Gasteiger partial charge is 0.245 e. The highest BCUT2D eigenvalue weighted by Crippen LogP contribution is 2.32. The van der Waals surface area contributed by atoms with Crippen molar-refractivity contribution in [2.45, 2.75) is 43.9 Å². The minimum Gasteiger partial charge on any atom is -0.377 e. The van der Waals surface area contributed by atoms with Crippen LogP contribution in [0.25, 0.3) is 11.0 Å². The van der Waals surface area contributed by atoms with Crippen LogP contribution in [0.2, 0.25) is 0 Å². The van der Waals surface area contributed by atoms with Crippen molar-refractivity contribution in [1.29, 1.82) is 0 Å². The lowest BCUT2D eigenvalue weighted by molar-refractivity contribution is -0.118. The fourth-order valence-corrected chi connectivity index (χ4v) is 6.94. The molecule has 36 heavy (non-hydrogen) atoms. The van der Waals surface area contributed by atoms with Crippen molar-refractivity contribution in [3.8, 4) is 0 Å². The van der Waals surface area contributed by atoms with Crippen LogP contribution in [0, 0.1) is 11.8 Å². The summed E-state index contributed by atoms with van der Waals surface area (Å²) in [4.78, 5) is 24.2. The van der Waals surface area contributed by atoms with Gasteiger partial charge < -0.3 is 10.2 Å². The summed E-state index contributed by atoms with van der Waals surface area (Å²) in [5.74, 6) is 1.49. The van der Waals surface area contributed by atoms with Crippen molar-refractivity contribution in [2.75, 3.05) is 42.9 Å². The van der Waals surface area contributed by atoms with Gasteiger partial charge in [-0.15, -0.1) is 0 Å². The summed E-state index contributed by atoms with van der Waals surface area (Å²) in [5.41, 5.74) is 1.19. The van der Waals surface area contributed by atoms with E-state index in [1.165, 1.54) is 6.33 Å². The number of piperidine rings is 2. The van der Waals surface area contributed by atoms with Crippen LogP contribution < -0.4 is 10.2 Å². The predicted octanol–water partition coefficient (Wildman–Crippen LogP) is 3.06. The van der Waals surface area contributed by atoms with E-state index in [4.69, 9.17) is 0 Å². The molecular formula is C25H33N7O3S. The van der Waals surface area contributed by atoms with E-state index in [-0.39, 0.29) is 23.1 Å². The number of hydrogen-bond acceptors (Lipinski definition) is 8. The molecule has 2 N–H and O–H groups in total. The summed E-state index contributed by atoms with van der Waals surface area (Å²) in [6.07, 6.45) is 7.48. The number of ketones is 1. The molecule has 0 bridgehead atoms. The molecule has 0 saturated carbocycles. The Balaban J connectivity index is 1.24. The van der Waals surface area contributed by atoms with E-state index < -0.39 is 10.0 Å². The van der Waals surface area contributed by atoms with Gasteiger partial charge in [0.05, 0.1) is 23.8 Å². The molecular weight excluding hydrogens is 478 g/mol. The SMILES string of the molecule is C[C@H]1CCN(c2ncnc3[nH]ncc23)C[C@@H]1CC(=O)CNc1ccccc1S(=O)(=O)N1CCCCC1. The molecule has 2 aromatic heterocycles. The quantitative estimate of drug-likeness (QED) is 0.473. The first kappa shape index (κ1) is 24.6. The van der Waals surface area contributed by atoms with Crippen molar-refractivity contribution in [2.24, 2.45) is 11.8 Å². The number of aromatic amines is 1. The molecule has 0 spiro atoms. The summed E-state index contributed by atoms with van der Waals surface area (Å²) >= 11 is 0. The minimum atomic E-state index is -3.59. The Kier molecular flexibility index (Phi) is 7.20. The van der Waals surface area contributed by atoms with Gasteiger partial charge in [0.1, 0.15) is 17.0 Å². The lowest BCUT2D eigenvalue weighted by Crippen LogP contribution is -2.41. The summed E-state index contributed by atoms with van der Waals surface area (Å²) in [7, 11) is -3.59. The molecule has 2 atom stereocenters. The molecule has 0 amide bonds. The van der Waals surface area contributed by atoms with E-state index in [9.17, 15) is 13.2 Å². The van der Waals surface area contributed by atoms with Crippen LogP contribution in [0.4, 0.5) is 11.5 Å². The molecule has 2 fully saturated rings. The second-order valence-electron chi connectivity index (χ2n) is 9.86. The summed E-state index contributed by atoms with van der Waals surface area (Å²) < 4.78 is 28.0. The number of nitrogens with zero attached hydrogens (tertiary/aromatic N) is 5. The van der Waals surface area contributed by atoms with E-state index in [0.717, 1.165) is 50.0 Å². The third-order valence-corrected chi connectivity index (χ3v) is 9.38. The molecule has 2 aliphatic heterocycles. The number of nitrogens with one attached hydrogen (secondary N) is 2. The van der Waals surface area contributed by atoms with Crippen molar-refractivity contribution in [1.82, 2.24) is 24.5 Å². The lowest BCUT2D eigenvalue weighted by atomic mass is 9.83. The molecule has 11 heteroatoms. The van der Waals surface area contributed by atoms with Crippen molar-refractivity contribution >= 4 is 38.3 Å². The monoisotopic (exact) mass is 511 g/mol. The highest BCUT2D eigenvalue weighted by Gasteiger charge is 2.31. The Hall–Kier alpha value is -3.05. The number of hydrogen-bond donors (Lipinski definition) is 2. The number of carbonyl (C=O) groups is 1. The molecule has 1 aromatic carbocycles. The Morgan fingerprint density at radius 1 is 1.14 bits per heavy atom. The van der Waals surface area contributed by atoms with E-state index >= 15 is 0 Å². The van der Waals surface area contributed by atoms with Crippen LogP contribution in [-0.4, -0.2) is 71.4 Å². The van der Waals surface area contributed by atoms with Crippen LogP contribution in [0.5, 0.6) is 0 Å². The van der Waals surface area contributed by atoms with E-state index in [1.54, 1.807) is 34.8 Å². The molecule has 0 radical (unpaired) electrons. The van der Waals surface area contributed by atoms with E-state index in [0.29, 0.717) is 36.8 Å². The molecule has 3 aromatic rings. The normalized spacial score (nSPS) is 21.5. The maximum atomic E-state index is 13.2. The lowest BCUT2D eigenvalue weighted by Gasteiger charge is -2.37. The molecule has 2 aliphatic rings. The first-order valence-corrected chi connectivity index (χ1v) is 14.1. The zero-order valence-corrected chi connectivity index (χ0v) is 21.4. The third-order valence-electron chi connectivity index (χ3n) is 7.43. The third kappa shape index (κ3) is 5.08. The Morgan fingerprint density at radius 3 is 2.78 bits per heavy atom. The average Bonchev–Trinajstić information content (AvgIpc) is 3.39. The number of fused-ring (bicyclic) bond motifs is 1. The number of anilines is 2. The van der Waals surface area contributed by atoms with Gasteiger partial charge in [-0.3, -0.25) is 9.89 Å². The standard InChI is InChI=1S/C25H33N7O3S/c1-18-9-12-31(25-21-15-29-30-24(21)27-17-28-25)16-19(18)13-20(33)14-26-22-7-3-4-8-23(22)36(34,35)32-10-5-2-6-11-32/h3-4,7-8,15,17-19,26H,2,5-6,9-14,16H2,1H3,(H,27,28,29,30)/t18-,19-/m0/s1. The second kappa shape index (κ2) is 10.5. The second-order valence-corrected chi connectivity index (χ2v) is 11.8. The number of Topliss-reactive ketones (excluding diaryl/α,β-unsaturated/α-hetero) is 1. The number of rotatable bonds is 8. The van der Waals surface area contributed by atoms with Crippen LogP contribution >= 0.6 is 0 Å². The van der Waals surface area contributed by atoms with Gasteiger partial charge in [0.2, 0.25) is 10.0 Å². The number of benzene rings is 1. The average molecular weight is 512 g/mol.